The summed E-state index contributed by atoms with van der Waals surface area (Å²) in [4.78, 5) is 17.7. The molecule has 0 radical (unpaired) electrons. The summed E-state index contributed by atoms with van der Waals surface area (Å²) in [5, 5.41) is 8.42. The topological polar surface area (TPSA) is 97.2 Å². The number of carbonyl (C=O) groups is 1. The van der Waals surface area contributed by atoms with Gasteiger partial charge in [0.05, 0.1) is 26.0 Å². The van der Waals surface area contributed by atoms with E-state index in [2.05, 4.69) is 15.4 Å². The third-order valence-corrected chi connectivity index (χ3v) is 8.61. The molecule has 1 amide bonds. The molecule has 5 rings (SSSR count). The third kappa shape index (κ3) is 4.46. The molecule has 5 aromatic rings. The van der Waals surface area contributed by atoms with Crippen LogP contribution < -0.4 is 9.62 Å². The fraction of sp³-hybridized carbons (Fsp3) is 0.0800. The van der Waals surface area contributed by atoms with Crippen molar-refractivity contribution < 1.29 is 13.2 Å². The lowest BCUT2D eigenvalue weighted by molar-refractivity contribution is 0.102. The number of aromatic nitrogens is 3. The molecule has 0 bridgehead atoms. The van der Waals surface area contributed by atoms with Crippen molar-refractivity contribution in [2.45, 2.75) is 11.8 Å². The van der Waals surface area contributed by atoms with E-state index in [0.29, 0.717) is 38.4 Å². The molecule has 2 aromatic heterocycles. The number of hydrogen-bond donors (Lipinski definition) is 1. The van der Waals surface area contributed by atoms with Crippen LogP contribution in [0.1, 0.15) is 16.1 Å². The Morgan fingerprint density at radius 1 is 1.03 bits per heavy atom. The van der Waals surface area contributed by atoms with Crippen LogP contribution in [0.3, 0.4) is 0 Å². The lowest BCUT2D eigenvalue weighted by Crippen LogP contribution is -2.26. The highest BCUT2D eigenvalue weighted by Crippen LogP contribution is 2.31. The summed E-state index contributed by atoms with van der Waals surface area (Å²) < 4.78 is 29.7. The number of amides is 1. The number of halogens is 1. The standard InChI is InChI=1S/C25H20ClN5O3S2/c1-16-15-22(31(29-16)25-28-23-20(26)9-6-10-21(23)35-25)27-24(32)17-11-13-19(14-12-17)36(33,34)30(2)18-7-4-3-5-8-18/h3-15H,1-2H3,(H,27,32). The van der Waals surface area contributed by atoms with Gasteiger partial charge in [0.15, 0.2) is 0 Å². The Hall–Kier alpha value is -3.73. The predicted molar refractivity (Wildman–Crippen MR) is 143 cm³/mol. The van der Waals surface area contributed by atoms with Crippen LogP contribution >= 0.6 is 22.9 Å². The summed E-state index contributed by atoms with van der Waals surface area (Å²) >= 11 is 7.67. The number of aryl methyl sites for hydroxylation is 1. The number of thiazole rings is 1. The van der Waals surface area contributed by atoms with Crippen LogP contribution in [0.25, 0.3) is 15.3 Å². The van der Waals surface area contributed by atoms with Gasteiger partial charge in [-0.2, -0.15) is 9.78 Å². The smallest absolute Gasteiger partial charge is 0.264 e. The minimum absolute atomic E-state index is 0.0812. The molecule has 0 aliphatic rings. The van der Waals surface area contributed by atoms with E-state index in [0.717, 1.165) is 4.70 Å². The van der Waals surface area contributed by atoms with E-state index in [1.54, 1.807) is 41.1 Å². The lowest BCUT2D eigenvalue weighted by Gasteiger charge is -2.19. The lowest BCUT2D eigenvalue weighted by atomic mass is 10.2. The van der Waals surface area contributed by atoms with Crippen molar-refractivity contribution in [3.05, 3.63) is 95.1 Å². The quantitative estimate of drug-likeness (QED) is 0.307. The van der Waals surface area contributed by atoms with Crippen molar-refractivity contribution in [2.24, 2.45) is 0 Å². The molecule has 0 aliphatic heterocycles. The molecule has 0 aliphatic carbocycles. The van der Waals surface area contributed by atoms with Gasteiger partial charge in [0.2, 0.25) is 5.13 Å². The molecule has 11 heteroatoms. The van der Waals surface area contributed by atoms with Gasteiger partial charge in [-0.25, -0.2) is 13.4 Å². The van der Waals surface area contributed by atoms with E-state index in [4.69, 9.17) is 11.6 Å². The van der Waals surface area contributed by atoms with Gasteiger partial charge in [0.25, 0.3) is 15.9 Å². The second-order valence-corrected chi connectivity index (χ2v) is 11.3. The van der Waals surface area contributed by atoms with Crippen molar-refractivity contribution >= 4 is 60.6 Å². The Labute approximate surface area is 216 Å². The van der Waals surface area contributed by atoms with Crippen LogP contribution in [0.2, 0.25) is 5.02 Å². The Balaban J connectivity index is 1.39. The molecular weight excluding hydrogens is 518 g/mol. The highest BCUT2D eigenvalue weighted by Gasteiger charge is 2.22. The Bertz CT molecular complexity index is 1680. The minimum Gasteiger partial charge on any atom is -0.306 e. The number of benzene rings is 3. The fourth-order valence-corrected chi connectivity index (χ4v) is 6.06. The maximum Gasteiger partial charge on any atom is 0.264 e. The number of rotatable bonds is 6. The van der Waals surface area contributed by atoms with Gasteiger partial charge in [-0.15, -0.1) is 0 Å². The van der Waals surface area contributed by atoms with Gasteiger partial charge in [-0.3, -0.25) is 9.10 Å². The van der Waals surface area contributed by atoms with E-state index in [1.807, 2.05) is 25.1 Å². The Morgan fingerprint density at radius 2 is 1.75 bits per heavy atom. The number of anilines is 2. The zero-order valence-electron chi connectivity index (χ0n) is 19.2. The molecule has 8 nitrogen and oxygen atoms in total. The maximum atomic E-state index is 13.0. The normalized spacial score (nSPS) is 11.5. The van der Waals surface area contributed by atoms with Gasteiger partial charge in [-0.05, 0) is 55.5 Å². The SMILES string of the molecule is Cc1cc(NC(=O)c2ccc(S(=O)(=O)N(C)c3ccccc3)cc2)n(-c2nc3c(Cl)cccc3s2)n1. The van der Waals surface area contributed by atoms with Crippen molar-refractivity contribution in [1.82, 2.24) is 14.8 Å². The number of nitrogens with zero attached hydrogens (tertiary/aromatic N) is 4. The average Bonchev–Trinajstić information content (AvgIpc) is 3.48. The first kappa shape index (κ1) is 24.0. The van der Waals surface area contributed by atoms with Crippen LogP contribution in [0, 0.1) is 6.92 Å². The molecule has 0 fully saturated rings. The minimum atomic E-state index is -3.78. The average molecular weight is 538 g/mol. The van der Waals surface area contributed by atoms with Crippen LogP contribution in [-0.2, 0) is 10.0 Å². The van der Waals surface area contributed by atoms with E-state index in [9.17, 15) is 13.2 Å². The molecule has 36 heavy (non-hydrogen) atoms. The largest absolute Gasteiger partial charge is 0.306 e. The van der Waals surface area contributed by atoms with Crippen molar-refractivity contribution in [2.75, 3.05) is 16.7 Å². The van der Waals surface area contributed by atoms with Gasteiger partial charge in [-0.1, -0.05) is 47.2 Å². The first-order valence-corrected chi connectivity index (χ1v) is 13.4. The zero-order chi connectivity index (χ0) is 25.4. The molecule has 3 aromatic carbocycles. The van der Waals surface area contributed by atoms with E-state index >= 15 is 0 Å². The highest BCUT2D eigenvalue weighted by atomic mass is 35.5. The second kappa shape index (κ2) is 9.38. The summed E-state index contributed by atoms with van der Waals surface area (Å²) in [6.45, 7) is 1.81. The molecule has 1 N–H and O–H groups in total. The highest BCUT2D eigenvalue weighted by molar-refractivity contribution is 7.92. The molecule has 182 valence electrons. The van der Waals surface area contributed by atoms with Crippen LogP contribution in [0.15, 0.2) is 83.8 Å². The second-order valence-electron chi connectivity index (χ2n) is 7.95. The summed E-state index contributed by atoms with van der Waals surface area (Å²) in [6, 6.07) is 21.8. The maximum absolute atomic E-state index is 13.0. The van der Waals surface area contributed by atoms with Crippen molar-refractivity contribution in [3.8, 4) is 5.13 Å². The summed E-state index contributed by atoms with van der Waals surface area (Å²) in [5.74, 6) is 0.0313. The Morgan fingerprint density at radius 3 is 2.44 bits per heavy atom. The van der Waals surface area contributed by atoms with Crippen molar-refractivity contribution in [1.29, 1.82) is 0 Å². The monoisotopic (exact) mass is 537 g/mol. The Kier molecular flexibility index (Phi) is 6.25. The molecule has 0 spiro atoms. The third-order valence-electron chi connectivity index (χ3n) is 5.51. The summed E-state index contributed by atoms with van der Waals surface area (Å²) in [6.07, 6.45) is 0. The molecular formula is C25H20ClN5O3S2. The van der Waals surface area contributed by atoms with Crippen molar-refractivity contribution in [3.63, 3.8) is 0 Å². The van der Waals surface area contributed by atoms with E-state index in [-0.39, 0.29) is 4.90 Å². The number of fused-ring (bicyclic) bond motifs is 1. The summed E-state index contributed by atoms with van der Waals surface area (Å²) in [5.41, 5.74) is 2.20. The number of para-hydroxylation sites is 2. The van der Waals surface area contributed by atoms with Gasteiger partial charge < -0.3 is 5.32 Å². The molecule has 0 unspecified atom stereocenters. The molecule has 0 saturated carbocycles. The van der Waals surface area contributed by atoms with Gasteiger partial charge >= 0.3 is 0 Å². The van der Waals surface area contributed by atoms with E-state index in [1.165, 1.54) is 47.0 Å². The predicted octanol–water partition coefficient (Wildman–Crippen LogP) is 5.52. The number of hydrogen-bond acceptors (Lipinski definition) is 6. The van der Waals surface area contributed by atoms with Gasteiger partial charge in [0, 0.05) is 18.7 Å². The first-order chi connectivity index (χ1) is 17.2. The molecule has 2 heterocycles. The number of sulfonamides is 1. The fourth-order valence-electron chi connectivity index (χ4n) is 3.63. The zero-order valence-corrected chi connectivity index (χ0v) is 21.6. The van der Waals surface area contributed by atoms with Gasteiger partial charge in [0.1, 0.15) is 11.3 Å². The molecule has 0 saturated heterocycles. The summed E-state index contributed by atoms with van der Waals surface area (Å²) in [7, 11) is -2.29. The molecule has 0 atom stereocenters. The van der Waals surface area contributed by atoms with Crippen LogP contribution in [0.4, 0.5) is 11.5 Å². The van der Waals surface area contributed by atoms with Crippen LogP contribution in [-0.4, -0.2) is 36.1 Å². The van der Waals surface area contributed by atoms with E-state index < -0.39 is 15.9 Å². The van der Waals surface area contributed by atoms with Crippen LogP contribution in [0.5, 0.6) is 0 Å². The first-order valence-electron chi connectivity index (χ1n) is 10.8. The number of nitrogens with one attached hydrogen (secondary N) is 1. The number of carbonyl (C=O) groups excluding carboxylic acids is 1.